The Morgan fingerprint density at radius 3 is 2.81 bits per heavy atom. The summed E-state index contributed by atoms with van der Waals surface area (Å²) >= 11 is 0. The third-order valence-corrected chi connectivity index (χ3v) is 4.74. The molecule has 0 radical (unpaired) electrons. The van der Waals surface area contributed by atoms with Crippen molar-refractivity contribution in [1.82, 2.24) is 4.98 Å². The van der Waals surface area contributed by atoms with Gasteiger partial charge >= 0.3 is 0 Å². The van der Waals surface area contributed by atoms with Crippen molar-refractivity contribution in [3.05, 3.63) is 30.5 Å². The normalized spacial score (nSPS) is 22.3. The number of nitrogens with one attached hydrogen (secondary N) is 2. The Bertz CT molecular complexity index is 608. The molecule has 112 valence electrons. The molecule has 1 aromatic heterocycles. The fraction of sp³-hybridized carbons (Fsp3) is 0.500. The number of rotatable bonds is 4. The molecule has 3 rings (SSSR count). The minimum atomic E-state index is 0.191. The molecule has 1 saturated carbocycles. The van der Waals surface area contributed by atoms with E-state index in [1.165, 1.54) is 31.1 Å². The standard InChI is InChI=1S/C18H24N2O/c1-2-3-13-4-6-15(7-5-13)18(21)20-16-9-8-14-10-11-19-17(14)12-16/h8-13,15,19H,2-7H2,1H3,(H,20,21). The second kappa shape index (κ2) is 6.33. The van der Waals surface area contributed by atoms with E-state index in [-0.39, 0.29) is 11.8 Å². The maximum absolute atomic E-state index is 12.4. The summed E-state index contributed by atoms with van der Waals surface area (Å²) in [4.78, 5) is 15.6. The molecule has 0 unspecified atom stereocenters. The molecule has 1 aliphatic carbocycles. The van der Waals surface area contributed by atoms with Gasteiger partial charge in [-0.15, -0.1) is 0 Å². The monoisotopic (exact) mass is 284 g/mol. The van der Waals surface area contributed by atoms with Gasteiger partial charge in [0.2, 0.25) is 5.91 Å². The van der Waals surface area contributed by atoms with Crippen LogP contribution in [0.3, 0.4) is 0 Å². The zero-order valence-corrected chi connectivity index (χ0v) is 12.7. The van der Waals surface area contributed by atoms with Crippen LogP contribution in [0.15, 0.2) is 30.5 Å². The van der Waals surface area contributed by atoms with Gasteiger partial charge in [0.15, 0.2) is 0 Å². The summed E-state index contributed by atoms with van der Waals surface area (Å²) in [7, 11) is 0. The molecular weight excluding hydrogens is 260 g/mol. The van der Waals surface area contributed by atoms with Gasteiger partial charge in [0.25, 0.3) is 0 Å². The molecule has 0 aliphatic heterocycles. The highest BCUT2D eigenvalue weighted by Crippen LogP contribution is 2.32. The number of hydrogen-bond acceptors (Lipinski definition) is 1. The molecular formula is C18H24N2O. The highest BCUT2D eigenvalue weighted by atomic mass is 16.1. The second-order valence-corrected chi connectivity index (χ2v) is 6.28. The van der Waals surface area contributed by atoms with Gasteiger partial charge in [-0.05, 0) is 55.2 Å². The van der Waals surface area contributed by atoms with Gasteiger partial charge in [-0.25, -0.2) is 0 Å². The Morgan fingerprint density at radius 1 is 1.24 bits per heavy atom. The van der Waals surface area contributed by atoms with Crippen LogP contribution in [-0.4, -0.2) is 10.9 Å². The Kier molecular flexibility index (Phi) is 4.28. The van der Waals surface area contributed by atoms with Gasteiger partial charge in [0.05, 0.1) is 0 Å². The molecule has 1 fully saturated rings. The van der Waals surface area contributed by atoms with E-state index >= 15 is 0 Å². The average molecular weight is 284 g/mol. The van der Waals surface area contributed by atoms with Crippen LogP contribution in [0.5, 0.6) is 0 Å². The van der Waals surface area contributed by atoms with E-state index in [9.17, 15) is 4.79 Å². The lowest BCUT2D eigenvalue weighted by Crippen LogP contribution is -2.27. The molecule has 3 heteroatoms. The molecule has 21 heavy (non-hydrogen) atoms. The lowest BCUT2D eigenvalue weighted by Gasteiger charge is -2.27. The van der Waals surface area contributed by atoms with Crippen molar-refractivity contribution in [2.24, 2.45) is 11.8 Å². The van der Waals surface area contributed by atoms with Crippen molar-refractivity contribution in [3.63, 3.8) is 0 Å². The number of fused-ring (bicyclic) bond motifs is 1. The number of H-pyrrole nitrogens is 1. The minimum Gasteiger partial charge on any atom is -0.361 e. The van der Waals surface area contributed by atoms with E-state index in [0.29, 0.717) is 0 Å². The number of anilines is 1. The topological polar surface area (TPSA) is 44.9 Å². The van der Waals surface area contributed by atoms with Gasteiger partial charge in [0, 0.05) is 23.3 Å². The number of carbonyl (C=O) groups is 1. The minimum absolute atomic E-state index is 0.191. The molecule has 1 aromatic carbocycles. The Labute approximate surface area is 126 Å². The lowest BCUT2D eigenvalue weighted by atomic mass is 9.80. The predicted octanol–water partition coefficient (Wildman–Crippen LogP) is 4.71. The summed E-state index contributed by atoms with van der Waals surface area (Å²) in [5, 5.41) is 4.26. The average Bonchev–Trinajstić information content (AvgIpc) is 2.96. The molecule has 1 heterocycles. The lowest BCUT2D eigenvalue weighted by molar-refractivity contribution is -0.121. The van der Waals surface area contributed by atoms with E-state index in [1.54, 1.807) is 0 Å². The molecule has 0 bridgehead atoms. The fourth-order valence-corrected chi connectivity index (χ4v) is 3.49. The van der Waals surface area contributed by atoms with Gasteiger partial charge in [-0.1, -0.05) is 25.8 Å². The first-order valence-corrected chi connectivity index (χ1v) is 8.14. The molecule has 2 aromatic rings. The maximum atomic E-state index is 12.4. The van der Waals surface area contributed by atoms with Gasteiger partial charge < -0.3 is 10.3 Å². The quantitative estimate of drug-likeness (QED) is 0.838. The summed E-state index contributed by atoms with van der Waals surface area (Å²) in [5.74, 6) is 1.22. The third kappa shape index (κ3) is 3.29. The highest BCUT2D eigenvalue weighted by Gasteiger charge is 2.25. The van der Waals surface area contributed by atoms with E-state index < -0.39 is 0 Å². The fourth-order valence-electron chi connectivity index (χ4n) is 3.49. The smallest absolute Gasteiger partial charge is 0.227 e. The first-order valence-electron chi connectivity index (χ1n) is 8.14. The van der Waals surface area contributed by atoms with Crippen molar-refractivity contribution in [2.45, 2.75) is 45.4 Å². The summed E-state index contributed by atoms with van der Waals surface area (Å²) in [6, 6.07) is 8.07. The van der Waals surface area contributed by atoms with Crippen molar-refractivity contribution in [1.29, 1.82) is 0 Å². The number of hydrogen-bond donors (Lipinski definition) is 2. The molecule has 3 nitrogen and oxygen atoms in total. The van der Waals surface area contributed by atoms with Crippen molar-refractivity contribution < 1.29 is 4.79 Å². The zero-order chi connectivity index (χ0) is 14.7. The van der Waals surface area contributed by atoms with Crippen LogP contribution in [-0.2, 0) is 4.79 Å². The number of amides is 1. The second-order valence-electron chi connectivity index (χ2n) is 6.28. The molecule has 1 amide bonds. The zero-order valence-electron chi connectivity index (χ0n) is 12.7. The van der Waals surface area contributed by atoms with Gasteiger partial charge in [0.1, 0.15) is 0 Å². The SMILES string of the molecule is CCCC1CCC(C(=O)Nc2ccc3cc[nH]c3c2)CC1. The first-order chi connectivity index (χ1) is 10.3. The van der Waals surface area contributed by atoms with Crippen LogP contribution in [0.25, 0.3) is 10.9 Å². The Morgan fingerprint density at radius 2 is 2.05 bits per heavy atom. The summed E-state index contributed by atoms with van der Waals surface area (Å²) < 4.78 is 0. The van der Waals surface area contributed by atoms with Crippen LogP contribution in [0, 0.1) is 11.8 Å². The molecule has 0 spiro atoms. The van der Waals surface area contributed by atoms with E-state index in [0.717, 1.165) is 30.0 Å². The Balaban J connectivity index is 1.58. The van der Waals surface area contributed by atoms with Crippen LogP contribution in [0.2, 0.25) is 0 Å². The van der Waals surface area contributed by atoms with Gasteiger partial charge in [-0.3, -0.25) is 4.79 Å². The third-order valence-electron chi connectivity index (χ3n) is 4.74. The van der Waals surface area contributed by atoms with Crippen LogP contribution in [0.4, 0.5) is 5.69 Å². The van der Waals surface area contributed by atoms with Crippen LogP contribution in [0.1, 0.15) is 45.4 Å². The molecule has 0 saturated heterocycles. The van der Waals surface area contributed by atoms with E-state index in [1.807, 2.05) is 30.5 Å². The van der Waals surface area contributed by atoms with Gasteiger partial charge in [-0.2, -0.15) is 0 Å². The molecule has 0 atom stereocenters. The van der Waals surface area contributed by atoms with Crippen molar-refractivity contribution in [2.75, 3.05) is 5.32 Å². The summed E-state index contributed by atoms with van der Waals surface area (Å²) in [6.07, 6.45) is 9.01. The van der Waals surface area contributed by atoms with Crippen LogP contribution < -0.4 is 5.32 Å². The number of aromatic nitrogens is 1. The van der Waals surface area contributed by atoms with Crippen LogP contribution >= 0.6 is 0 Å². The highest BCUT2D eigenvalue weighted by molar-refractivity contribution is 5.95. The van der Waals surface area contributed by atoms with E-state index in [4.69, 9.17) is 0 Å². The maximum Gasteiger partial charge on any atom is 0.227 e. The number of carbonyl (C=O) groups excluding carboxylic acids is 1. The predicted molar refractivity (Wildman–Crippen MR) is 87.3 cm³/mol. The Hall–Kier alpha value is -1.77. The number of aromatic amines is 1. The first kappa shape index (κ1) is 14.2. The van der Waals surface area contributed by atoms with E-state index in [2.05, 4.69) is 17.2 Å². The molecule has 1 aliphatic rings. The van der Waals surface area contributed by atoms with Crippen molar-refractivity contribution >= 4 is 22.5 Å². The summed E-state index contributed by atoms with van der Waals surface area (Å²) in [5.41, 5.74) is 1.96. The summed E-state index contributed by atoms with van der Waals surface area (Å²) in [6.45, 7) is 2.25. The number of benzene rings is 1. The molecule has 2 N–H and O–H groups in total. The largest absolute Gasteiger partial charge is 0.361 e. The van der Waals surface area contributed by atoms with Crippen molar-refractivity contribution in [3.8, 4) is 0 Å².